The lowest BCUT2D eigenvalue weighted by Gasteiger charge is -2.06. The topological polar surface area (TPSA) is 79.8 Å². The molecule has 0 atom stereocenters. The molecule has 0 aliphatic carbocycles. The normalized spacial score (nSPS) is 10.4. The number of benzene rings is 2. The van der Waals surface area contributed by atoms with Crippen LogP contribution < -0.4 is 15.5 Å². The molecular weight excluding hydrogens is 354 g/mol. The van der Waals surface area contributed by atoms with E-state index >= 15 is 0 Å². The molecule has 7 heteroatoms. The molecule has 0 unspecified atom stereocenters. The van der Waals surface area contributed by atoms with Gasteiger partial charge in [-0.15, -0.1) is 0 Å². The van der Waals surface area contributed by atoms with Gasteiger partial charge in [0.15, 0.2) is 0 Å². The zero-order valence-electron chi connectivity index (χ0n) is 14.2. The maximum absolute atomic E-state index is 11.9. The van der Waals surface area contributed by atoms with Gasteiger partial charge in [-0.05, 0) is 42.3 Å². The van der Waals surface area contributed by atoms with Crippen molar-refractivity contribution in [1.82, 2.24) is 5.43 Å². The van der Waals surface area contributed by atoms with E-state index in [1.54, 1.807) is 48.5 Å². The number of anilines is 1. The Labute approximate surface area is 156 Å². The van der Waals surface area contributed by atoms with Gasteiger partial charge in [-0.25, -0.2) is 5.43 Å². The number of nitrogens with one attached hydrogen (secondary N) is 2. The van der Waals surface area contributed by atoms with Crippen LogP contribution in [0, 0.1) is 6.92 Å². The molecular formula is C19H18ClN3O3. The Balaban J connectivity index is 1.90. The summed E-state index contributed by atoms with van der Waals surface area (Å²) in [4.78, 5) is 23.6. The summed E-state index contributed by atoms with van der Waals surface area (Å²) in [5.74, 6) is -1.09. The van der Waals surface area contributed by atoms with Crippen molar-refractivity contribution in [2.45, 2.75) is 6.92 Å². The van der Waals surface area contributed by atoms with Crippen LogP contribution in [0.5, 0.6) is 5.75 Å². The number of halogens is 1. The van der Waals surface area contributed by atoms with E-state index in [0.29, 0.717) is 28.6 Å². The second-order valence-corrected chi connectivity index (χ2v) is 5.70. The van der Waals surface area contributed by atoms with E-state index in [1.807, 2.05) is 6.92 Å². The van der Waals surface area contributed by atoms with Crippen molar-refractivity contribution in [3.05, 3.63) is 71.3 Å². The van der Waals surface area contributed by atoms with Gasteiger partial charge in [0.05, 0.1) is 6.21 Å². The summed E-state index contributed by atoms with van der Waals surface area (Å²) >= 11 is 5.98. The molecule has 0 aliphatic heterocycles. The zero-order chi connectivity index (χ0) is 18.9. The van der Waals surface area contributed by atoms with Crippen LogP contribution in [0.4, 0.5) is 5.69 Å². The lowest BCUT2D eigenvalue weighted by atomic mass is 10.2. The van der Waals surface area contributed by atoms with E-state index in [0.717, 1.165) is 5.56 Å². The Morgan fingerprint density at radius 2 is 2.04 bits per heavy atom. The molecule has 0 aromatic heterocycles. The van der Waals surface area contributed by atoms with Crippen LogP contribution in [0.1, 0.15) is 11.1 Å². The fraction of sp³-hybridized carbons (Fsp3) is 0.105. The van der Waals surface area contributed by atoms with Crippen molar-refractivity contribution < 1.29 is 14.3 Å². The quantitative estimate of drug-likeness (QED) is 0.354. The number of carbonyl (C=O) groups excluding carboxylic acids is 2. The summed E-state index contributed by atoms with van der Waals surface area (Å²) in [5.41, 5.74) is 4.18. The van der Waals surface area contributed by atoms with Crippen LogP contribution >= 0.6 is 11.6 Å². The predicted octanol–water partition coefficient (Wildman–Crippen LogP) is 3.30. The highest BCUT2D eigenvalue weighted by Gasteiger charge is 2.13. The largest absolute Gasteiger partial charge is 0.490 e. The van der Waals surface area contributed by atoms with Gasteiger partial charge in [-0.3, -0.25) is 9.59 Å². The van der Waals surface area contributed by atoms with Gasteiger partial charge in [-0.2, -0.15) is 5.10 Å². The van der Waals surface area contributed by atoms with Crippen molar-refractivity contribution in [3.63, 3.8) is 0 Å². The maximum Gasteiger partial charge on any atom is 0.329 e. The van der Waals surface area contributed by atoms with Crippen molar-refractivity contribution in [2.24, 2.45) is 5.10 Å². The minimum absolute atomic E-state index is 0.389. The van der Waals surface area contributed by atoms with E-state index in [2.05, 4.69) is 22.4 Å². The van der Waals surface area contributed by atoms with Gasteiger partial charge in [-0.1, -0.05) is 42.5 Å². The molecule has 2 N–H and O–H groups in total. The Morgan fingerprint density at radius 3 is 2.77 bits per heavy atom. The molecule has 2 amide bonds. The molecule has 134 valence electrons. The number of hydrazone groups is 1. The number of aryl methyl sites for hydroxylation is 1. The predicted molar refractivity (Wildman–Crippen MR) is 103 cm³/mol. The Morgan fingerprint density at radius 1 is 1.23 bits per heavy atom. The standard InChI is InChI=1S/C19H18ClN3O3/c1-3-9-26-16-6-4-5-14(10-16)12-21-23-19(25)18(24)22-15-8-7-13(2)17(20)11-15/h3-8,10-12H,1,9H2,2H3,(H,22,24)(H,23,25)/b21-12+. The van der Waals surface area contributed by atoms with Crippen molar-refractivity contribution >= 4 is 35.3 Å². The van der Waals surface area contributed by atoms with Crippen LogP contribution in [0.15, 0.2) is 60.2 Å². The SMILES string of the molecule is C=CCOc1cccc(/C=N/NC(=O)C(=O)Nc2ccc(C)c(Cl)c2)c1. The lowest BCUT2D eigenvalue weighted by molar-refractivity contribution is -0.136. The summed E-state index contributed by atoms with van der Waals surface area (Å²) in [6.07, 6.45) is 3.05. The molecule has 2 rings (SSSR count). The lowest BCUT2D eigenvalue weighted by Crippen LogP contribution is -2.32. The highest BCUT2D eigenvalue weighted by molar-refractivity contribution is 6.39. The van der Waals surface area contributed by atoms with E-state index < -0.39 is 11.8 Å². The van der Waals surface area contributed by atoms with Gasteiger partial charge < -0.3 is 10.1 Å². The highest BCUT2D eigenvalue weighted by Crippen LogP contribution is 2.19. The molecule has 0 spiro atoms. The Bertz CT molecular complexity index is 850. The van der Waals surface area contributed by atoms with Gasteiger partial charge in [0.1, 0.15) is 12.4 Å². The second kappa shape index (κ2) is 9.39. The van der Waals surface area contributed by atoms with Crippen LogP contribution in [0.3, 0.4) is 0 Å². The van der Waals surface area contributed by atoms with Gasteiger partial charge >= 0.3 is 11.8 Å². The van der Waals surface area contributed by atoms with Crippen LogP contribution in [-0.2, 0) is 9.59 Å². The smallest absolute Gasteiger partial charge is 0.329 e. The van der Waals surface area contributed by atoms with E-state index in [4.69, 9.17) is 16.3 Å². The summed E-state index contributed by atoms with van der Waals surface area (Å²) < 4.78 is 5.40. The number of rotatable bonds is 6. The fourth-order valence-electron chi connectivity index (χ4n) is 1.91. The summed E-state index contributed by atoms with van der Waals surface area (Å²) in [6.45, 7) is 5.81. The molecule has 2 aromatic rings. The number of hydrogen-bond acceptors (Lipinski definition) is 4. The second-order valence-electron chi connectivity index (χ2n) is 5.29. The van der Waals surface area contributed by atoms with Crippen molar-refractivity contribution in [1.29, 1.82) is 0 Å². The van der Waals surface area contributed by atoms with Gasteiger partial charge in [0, 0.05) is 10.7 Å². The Kier molecular flexibility index (Phi) is 6.93. The van der Waals surface area contributed by atoms with Crippen molar-refractivity contribution in [3.8, 4) is 5.75 Å². The number of carbonyl (C=O) groups is 2. The average molecular weight is 372 g/mol. The maximum atomic E-state index is 11.9. The molecule has 0 fully saturated rings. The van der Waals surface area contributed by atoms with E-state index in [9.17, 15) is 9.59 Å². The first-order valence-corrected chi connectivity index (χ1v) is 8.11. The monoisotopic (exact) mass is 371 g/mol. The van der Waals surface area contributed by atoms with Crippen LogP contribution in [0.25, 0.3) is 0 Å². The fourth-order valence-corrected chi connectivity index (χ4v) is 2.10. The molecule has 0 aliphatic rings. The molecule has 0 bridgehead atoms. The van der Waals surface area contributed by atoms with Gasteiger partial charge in [0.2, 0.25) is 0 Å². The minimum Gasteiger partial charge on any atom is -0.490 e. The third kappa shape index (κ3) is 5.75. The number of amides is 2. The van der Waals surface area contributed by atoms with Crippen LogP contribution in [-0.4, -0.2) is 24.6 Å². The van der Waals surface area contributed by atoms with E-state index in [-0.39, 0.29) is 0 Å². The number of ether oxygens (including phenoxy) is 1. The van der Waals surface area contributed by atoms with E-state index in [1.165, 1.54) is 6.21 Å². The molecule has 26 heavy (non-hydrogen) atoms. The average Bonchev–Trinajstić information content (AvgIpc) is 2.63. The number of hydrogen-bond donors (Lipinski definition) is 2. The summed E-state index contributed by atoms with van der Waals surface area (Å²) in [7, 11) is 0. The molecule has 0 saturated heterocycles. The third-order valence-corrected chi connectivity index (χ3v) is 3.65. The first kappa shape index (κ1) is 19.2. The molecule has 0 radical (unpaired) electrons. The summed E-state index contributed by atoms with van der Waals surface area (Å²) in [5, 5.41) is 6.72. The minimum atomic E-state index is -0.892. The zero-order valence-corrected chi connectivity index (χ0v) is 14.9. The van der Waals surface area contributed by atoms with Crippen molar-refractivity contribution in [2.75, 3.05) is 11.9 Å². The first-order valence-electron chi connectivity index (χ1n) is 7.74. The van der Waals surface area contributed by atoms with Crippen LogP contribution in [0.2, 0.25) is 5.02 Å². The highest BCUT2D eigenvalue weighted by atomic mass is 35.5. The summed E-state index contributed by atoms with van der Waals surface area (Å²) in [6, 6.07) is 12.1. The van der Waals surface area contributed by atoms with Gasteiger partial charge in [0.25, 0.3) is 0 Å². The Hall–Kier alpha value is -3.12. The molecule has 6 nitrogen and oxygen atoms in total. The molecule has 2 aromatic carbocycles. The molecule has 0 saturated carbocycles. The third-order valence-electron chi connectivity index (χ3n) is 3.24. The first-order chi connectivity index (χ1) is 12.5. The number of nitrogens with zero attached hydrogens (tertiary/aromatic N) is 1. The molecule has 0 heterocycles.